The summed E-state index contributed by atoms with van der Waals surface area (Å²) in [5, 5.41) is 8.74. The van der Waals surface area contributed by atoms with Gasteiger partial charge in [0, 0.05) is 6.61 Å². The van der Waals surface area contributed by atoms with E-state index in [0.717, 1.165) is 6.42 Å². The van der Waals surface area contributed by atoms with Crippen LogP contribution in [0.4, 0.5) is 0 Å². The van der Waals surface area contributed by atoms with Crippen molar-refractivity contribution in [3.05, 3.63) is 0 Å². The Morgan fingerprint density at radius 2 is 1.64 bits per heavy atom. The maximum absolute atomic E-state index is 8.74. The van der Waals surface area contributed by atoms with Crippen LogP contribution in [0.5, 0.6) is 0 Å². The van der Waals surface area contributed by atoms with Crippen LogP contribution >= 0.6 is 0 Å². The third-order valence-electron chi connectivity index (χ3n) is 1.45. The van der Waals surface area contributed by atoms with E-state index in [0.29, 0.717) is 39.6 Å². The van der Waals surface area contributed by atoms with Gasteiger partial charge in [0.05, 0.1) is 26.4 Å². The fraction of sp³-hybridized carbons (Fsp3) is 1.00. The average Bonchev–Trinajstić information content (AvgIpc) is 2.15. The van der Waals surface area contributed by atoms with Crippen LogP contribution in [0.15, 0.2) is 0 Å². The molecule has 0 aromatic rings. The molecule has 0 spiro atoms. The van der Waals surface area contributed by atoms with Crippen LogP contribution in [-0.2, 0) is 14.2 Å². The molecule has 14 heavy (non-hydrogen) atoms. The van der Waals surface area contributed by atoms with Crippen LogP contribution in [0.2, 0.25) is 0 Å². The lowest BCUT2D eigenvalue weighted by Gasteiger charge is -2.07. The first-order chi connectivity index (χ1) is 6.77. The van der Waals surface area contributed by atoms with Crippen molar-refractivity contribution in [2.45, 2.75) is 19.6 Å². The Kier molecular flexibility index (Phi) is 10.7. The van der Waals surface area contributed by atoms with Crippen molar-refractivity contribution in [3.63, 3.8) is 0 Å². The molecule has 0 aliphatic carbocycles. The van der Waals surface area contributed by atoms with Crippen LogP contribution in [0.1, 0.15) is 13.3 Å². The summed E-state index contributed by atoms with van der Waals surface area (Å²) in [6, 6.07) is 0. The third-order valence-corrected chi connectivity index (χ3v) is 1.45. The van der Waals surface area contributed by atoms with Gasteiger partial charge in [-0.3, -0.25) is 0 Å². The number of ether oxygens (including phenoxy) is 3. The Bertz CT molecular complexity index is 111. The van der Waals surface area contributed by atoms with Crippen LogP contribution in [0.3, 0.4) is 0 Å². The maximum Gasteiger partial charge on any atom is 0.151 e. The van der Waals surface area contributed by atoms with E-state index in [1.54, 1.807) is 6.92 Å². The van der Waals surface area contributed by atoms with E-state index in [9.17, 15) is 0 Å². The van der Waals surface area contributed by atoms with Gasteiger partial charge in [0.2, 0.25) is 0 Å². The van der Waals surface area contributed by atoms with Crippen LogP contribution < -0.4 is 5.73 Å². The molecular formula is C9H21NO4. The van der Waals surface area contributed by atoms with E-state index in [2.05, 4.69) is 0 Å². The van der Waals surface area contributed by atoms with Crippen LogP contribution in [0, 0.1) is 0 Å². The number of hydrogen-bond donors (Lipinski definition) is 2. The topological polar surface area (TPSA) is 73.9 Å². The van der Waals surface area contributed by atoms with Gasteiger partial charge in [-0.1, -0.05) is 0 Å². The van der Waals surface area contributed by atoms with E-state index in [1.807, 2.05) is 0 Å². The number of hydrogen-bond acceptors (Lipinski definition) is 5. The summed E-state index contributed by atoms with van der Waals surface area (Å²) in [6.07, 6.45) is 0.157. The van der Waals surface area contributed by atoms with E-state index >= 15 is 0 Å². The molecule has 0 rings (SSSR count). The molecule has 0 aliphatic heterocycles. The summed E-state index contributed by atoms with van der Waals surface area (Å²) in [6.45, 7) is 4.91. The summed E-state index contributed by atoms with van der Waals surface area (Å²) in [5.41, 5.74) is 5.29. The Morgan fingerprint density at radius 1 is 1.07 bits per heavy atom. The molecule has 0 amide bonds. The molecule has 0 saturated heterocycles. The highest BCUT2D eigenvalue weighted by atomic mass is 16.6. The molecule has 0 radical (unpaired) electrons. The van der Waals surface area contributed by atoms with Gasteiger partial charge < -0.3 is 25.1 Å². The second-order valence-corrected chi connectivity index (χ2v) is 2.84. The quantitative estimate of drug-likeness (QED) is 0.381. The van der Waals surface area contributed by atoms with Crippen molar-refractivity contribution in [2.75, 3.05) is 39.6 Å². The second-order valence-electron chi connectivity index (χ2n) is 2.84. The summed E-state index contributed by atoms with van der Waals surface area (Å²) >= 11 is 0. The van der Waals surface area contributed by atoms with Gasteiger partial charge in [-0.2, -0.15) is 0 Å². The molecular weight excluding hydrogens is 186 g/mol. The minimum Gasteiger partial charge on any atom is -0.379 e. The summed E-state index contributed by atoms with van der Waals surface area (Å²) in [5.74, 6) is 0. The van der Waals surface area contributed by atoms with E-state index in [-0.39, 0.29) is 0 Å². The molecule has 5 nitrogen and oxygen atoms in total. The van der Waals surface area contributed by atoms with Crippen LogP contribution in [-0.4, -0.2) is 51.0 Å². The zero-order valence-corrected chi connectivity index (χ0v) is 8.78. The summed E-state index contributed by atoms with van der Waals surface area (Å²) in [7, 11) is 0. The fourth-order valence-corrected chi connectivity index (χ4v) is 0.785. The normalized spacial score (nSPS) is 13.1. The van der Waals surface area contributed by atoms with E-state index < -0.39 is 6.29 Å². The molecule has 5 heteroatoms. The van der Waals surface area contributed by atoms with Gasteiger partial charge in [0.1, 0.15) is 0 Å². The zero-order chi connectivity index (χ0) is 10.6. The van der Waals surface area contributed by atoms with E-state index in [1.165, 1.54) is 0 Å². The SMILES string of the molecule is CC(O)OCCOCCOCCCN. The highest BCUT2D eigenvalue weighted by Gasteiger charge is 1.94. The van der Waals surface area contributed by atoms with Gasteiger partial charge in [0.15, 0.2) is 6.29 Å². The molecule has 86 valence electrons. The van der Waals surface area contributed by atoms with Crippen molar-refractivity contribution in [3.8, 4) is 0 Å². The number of aliphatic hydroxyl groups excluding tert-OH is 1. The molecule has 0 bridgehead atoms. The van der Waals surface area contributed by atoms with Crippen molar-refractivity contribution in [1.82, 2.24) is 0 Å². The monoisotopic (exact) mass is 207 g/mol. The van der Waals surface area contributed by atoms with Gasteiger partial charge in [-0.25, -0.2) is 0 Å². The lowest BCUT2D eigenvalue weighted by molar-refractivity contribution is -0.101. The van der Waals surface area contributed by atoms with Crippen molar-refractivity contribution < 1.29 is 19.3 Å². The molecule has 0 fully saturated rings. The summed E-state index contributed by atoms with van der Waals surface area (Å²) < 4.78 is 15.2. The van der Waals surface area contributed by atoms with Crippen molar-refractivity contribution >= 4 is 0 Å². The second kappa shape index (κ2) is 10.9. The van der Waals surface area contributed by atoms with Gasteiger partial charge in [-0.05, 0) is 19.9 Å². The Labute approximate surface area is 85.1 Å². The molecule has 3 N–H and O–H groups in total. The lowest BCUT2D eigenvalue weighted by Crippen LogP contribution is -2.14. The van der Waals surface area contributed by atoms with Crippen LogP contribution in [0.25, 0.3) is 0 Å². The minimum absolute atomic E-state index is 0.403. The smallest absolute Gasteiger partial charge is 0.151 e. The molecule has 1 unspecified atom stereocenters. The first-order valence-electron chi connectivity index (χ1n) is 4.92. The number of nitrogens with two attached hydrogens (primary N) is 1. The first kappa shape index (κ1) is 13.8. The average molecular weight is 207 g/mol. The largest absolute Gasteiger partial charge is 0.379 e. The van der Waals surface area contributed by atoms with Gasteiger partial charge >= 0.3 is 0 Å². The van der Waals surface area contributed by atoms with Crippen molar-refractivity contribution in [2.24, 2.45) is 5.73 Å². The number of rotatable bonds is 10. The highest BCUT2D eigenvalue weighted by Crippen LogP contribution is 1.85. The van der Waals surface area contributed by atoms with E-state index in [4.69, 9.17) is 25.1 Å². The molecule has 1 atom stereocenters. The molecule has 0 aliphatic rings. The lowest BCUT2D eigenvalue weighted by atomic mass is 10.5. The fourth-order valence-electron chi connectivity index (χ4n) is 0.785. The van der Waals surface area contributed by atoms with Gasteiger partial charge in [0.25, 0.3) is 0 Å². The Hall–Kier alpha value is -0.200. The summed E-state index contributed by atoms with van der Waals surface area (Å²) in [4.78, 5) is 0. The third kappa shape index (κ3) is 11.8. The molecule has 0 aromatic heterocycles. The number of aliphatic hydroxyl groups is 1. The molecule has 0 saturated carbocycles. The standard InChI is InChI=1S/C9H21NO4/c1-9(11)14-8-7-13-6-5-12-4-2-3-10/h9,11H,2-8,10H2,1H3. The minimum atomic E-state index is -0.723. The maximum atomic E-state index is 8.74. The van der Waals surface area contributed by atoms with Crippen molar-refractivity contribution in [1.29, 1.82) is 0 Å². The zero-order valence-electron chi connectivity index (χ0n) is 8.78. The molecule has 0 heterocycles. The Balaban J connectivity index is 2.85. The molecule has 0 aromatic carbocycles. The highest BCUT2D eigenvalue weighted by molar-refractivity contribution is 4.36. The van der Waals surface area contributed by atoms with Gasteiger partial charge in [-0.15, -0.1) is 0 Å². The first-order valence-corrected chi connectivity index (χ1v) is 4.92. The Morgan fingerprint density at radius 3 is 2.21 bits per heavy atom. The predicted octanol–water partition coefficient (Wildman–Crippen LogP) is -0.277. The predicted molar refractivity (Wildman–Crippen MR) is 52.9 cm³/mol.